The van der Waals surface area contributed by atoms with Gasteiger partial charge in [0.2, 0.25) is 10.0 Å². The molecule has 0 spiro atoms. The molecule has 0 saturated carbocycles. The maximum absolute atomic E-state index is 12.3. The van der Waals surface area contributed by atoms with Gasteiger partial charge in [0.1, 0.15) is 5.75 Å². The Labute approximate surface area is 179 Å². The van der Waals surface area contributed by atoms with E-state index in [-0.39, 0.29) is 10.5 Å². The fourth-order valence-corrected chi connectivity index (χ4v) is 3.36. The molecule has 0 heterocycles. The first-order chi connectivity index (χ1) is 14.9. The number of hydrogen-bond donors (Lipinski definition) is 2. The number of carbonyl (C=O) groups is 2. The van der Waals surface area contributed by atoms with Gasteiger partial charge in [-0.25, -0.2) is 17.9 Å². The summed E-state index contributed by atoms with van der Waals surface area (Å²) in [5, 5.41) is 2.64. The molecule has 0 bridgehead atoms. The quantitative estimate of drug-likeness (QED) is 0.521. The van der Waals surface area contributed by atoms with Crippen molar-refractivity contribution in [3.05, 3.63) is 84.4 Å². The average molecular weight is 440 g/mol. The minimum absolute atomic E-state index is 0.0111. The van der Waals surface area contributed by atoms with Gasteiger partial charge in [-0.2, -0.15) is 0 Å². The van der Waals surface area contributed by atoms with Crippen LogP contribution in [0.5, 0.6) is 11.5 Å². The summed E-state index contributed by atoms with van der Waals surface area (Å²) in [4.78, 5) is 24.4. The van der Waals surface area contributed by atoms with E-state index in [2.05, 4.69) is 10.0 Å². The summed E-state index contributed by atoms with van der Waals surface area (Å²) in [6.07, 6.45) is 0. The summed E-state index contributed by atoms with van der Waals surface area (Å²) in [6.45, 7) is -0.554. The second-order valence-corrected chi connectivity index (χ2v) is 8.16. The van der Waals surface area contributed by atoms with E-state index in [4.69, 9.17) is 9.47 Å². The van der Waals surface area contributed by atoms with E-state index in [9.17, 15) is 18.0 Å². The Bertz CT molecular complexity index is 1180. The van der Waals surface area contributed by atoms with E-state index >= 15 is 0 Å². The van der Waals surface area contributed by atoms with Crippen molar-refractivity contribution in [3.63, 3.8) is 0 Å². The fraction of sp³-hybridized carbons (Fsp3) is 0.0909. The van der Waals surface area contributed by atoms with Gasteiger partial charge in [-0.3, -0.25) is 4.79 Å². The van der Waals surface area contributed by atoms with Crippen LogP contribution in [0.15, 0.2) is 83.8 Å². The fourth-order valence-electron chi connectivity index (χ4n) is 2.58. The molecule has 9 heteroatoms. The van der Waals surface area contributed by atoms with Crippen molar-refractivity contribution in [1.82, 2.24) is 4.72 Å². The highest BCUT2D eigenvalue weighted by atomic mass is 32.2. The number of amides is 1. The molecule has 0 atom stereocenters. The van der Waals surface area contributed by atoms with E-state index < -0.39 is 28.5 Å². The van der Waals surface area contributed by atoms with E-state index in [1.807, 2.05) is 18.2 Å². The third kappa shape index (κ3) is 5.91. The number of anilines is 1. The summed E-state index contributed by atoms with van der Waals surface area (Å²) < 4.78 is 36.7. The lowest BCUT2D eigenvalue weighted by molar-refractivity contribution is -0.119. The van der Waals surface area contributed by atoms with E-state index in [0.29, 0.717) is 17.2 Å². The van der Waals surface area contributed by atoms with Crippen molar-refractivity contribution in [1.29, 1.82) is 0 Å². The Kier molecular flexibility index (Phi) is 7.01. The highest BCUT2D eigenvalue weighted by molar-refractivity contribution is 7.89. The molecular formula is C22H20N2O6S. The number of rotatable bonds is 8. The normalized spacial score (nSPS) is 10.9. The van der Waals surface area contributed by atoms with Crippen molar-refractivity contribution < 1.29 is 27.5 Å². The first-order valence-electron chi connectivity index (χ1n) is 9.21. The summed E-state index contributed by atoms with van der Waals surface area (Å²) in [5.74, 6) is -0.362. The Balaban J connectivity index is 1.62. The number of carbonyl (C=O) groups excluding carboxylic acids is 2. The van der Waals surface area contributed by atoms with Crippen LogP contribution in [-0.2, 0) is 19.6 Å². The summed E-state index contributed by atoms with van der Waals surface area (Å²) in [7, 11) is -2.44. The lowest BCUT2D eigenvalue weighted by Crippen LogP contribution is -2.22. The molecule has 0 aliphatic heterocycles. The molecule has 0 radical (unpaired) electrons. The Morgan fingerprint density at radius 2 is 1.61 bits per heavy atom. The third-order valence-electron chi connectivity index (χ3n) is 4.12. The van der Waals surface area contributed by atoms with Crippen LogP contribution in [0.4, 0.5) is 5.69 Å². The molecule has 3 rings (SSSR count). The number of ether oxygens (including phenoxy) is 2. The molecule has 2 N–H and O–H groups in total. The van der Waals surface area contributed by atoms with Crippen molar-refractivity contribution in [2.45, 2.75) is 4.90 Å². The molecule has 0 aliphatic carbocycles. The van der Waals surface area contributed by atoms with Crippen LogP contribution in [0, 0.1) is 0 Å². The van der Waals surface area contributed by atoms with Gasteiger partial charge < -0.3 is 14.8 Å². The molecule has 0 aliphatic rings. The summed E-state index contributed by atoms with van der Waals surface area (Å²) in [6, 6.07) is 21.3. The van der Waals surface area contributed by atoms with E-state index in [1.165, 1.54) is 31.3 Å². The minimum atomic E-state index is -3.71. The first kappa shape index (κ1) is 22.0. The second kappa shape index (κ2) is 9.88. The van der Waals surface area contributed by atoms with Crippen LogP contribution in [0.1, 0.15) is 10.4 Å². The number of para-hydroxylation sites is 3. The smallest absolute Gasteiger partial charge is 0.338 e. The largest absolute Gasteiger partial charge is 0.455 e. The molecule has 0 aromatic heterocycles. The molecule has 3 aromatic rings. The third-order valence-corrected chi connectivity index (χ3v) is 5.53. The zero-order valence-corrected chi connectivity index (χ0v) is 17.4. The van der Waals surface area contributed by atoms with Crippen molar-refractivity contribution >= 4 is 27.6 Å². The van der Waals surface area contributed by atoms with E-state index in [0.717, 1.165) is 0 Å². The zero-order valence-electron chi connectivity index (χ0n) is 16.6. The number of sulfonamides is 1. The number of esters is 1. The van der Waals surface area contributed by atoms with Gasteiger partial charge in [-0.05, 0) is 49.5 Å². The molecule has 1 amide bonds. The van der Waals surface area contributed by atoms with Gasteiger partial charge in [0.25, 0.3) is 5.91 Å². The lowest BCUT2D eigenvalue weighted by Gasteiger charge is -2.12. The highest BCUT2D eigenvalue weighted by Crippen LogP contribution is 2.29. The predicted molar refractivity (Wildman–Crippen MR) is 115 cm³/mol. The Morgan fingerprint density at radius 3 is 2.35 bits per heavy atom. The Hall–Kier alpha value is -3.69. The first-order valence-corrected chi connectivity index (χ1v) is 10.7. The standard InChI is InChI=1S/C22H20N2O6S/c1-23-31(27,28)18-11-7-8-16(14-18)22(26)29-15-21(25)24-19-12-5-6-13-20(19)30-17-9-3-2-4-10-17/h2-14,23H,15H2,1H3,(H,24,25). The lowest BCUT2D eigenvalue weighted by atomic mass is 10.2. The van der Waals surface area contributed by atoms with Gasteiger partial charge in [-0.15, -0.1) is 0 Å². The number of benzene rings is 3. The van der Waals surface area contributed by atoms with E-state index in [1.54, 1.807) is 36.4 Å². The molecule has 31 heavy (non-hydrogen) atoms. The Morgan fingerprint density at radius 1 is 0.903 bits per heavy atom. The molecule has 8 nitrogen and oxygen atoms in total. The zero-order chi connectivity index (χ0) is 22.3. The predicted octanol–water partition coefficient (Wildman–Crippen LogP) is 3.18. The molecular weight excluding hydrogens is 420 g/mol. The summed E-state index contributed by atoms with van der Waals surface area (Å²) >= 11 is 0. The molecule has 0 fully saturated rings. The van der Waals surface area contributed by atoms with Crippen LogP contribution in [-0.4, -0.2) is 33.9 Å². The van der Waals surface area contributed by atoms with Gasteiger partial charge in [-0.1, -0.05) is 36.4 Å². The van der Waals surface area contributed by atoms with Crippen molar-refractivity contribution in [2.75, 3.05) is 19.0 Å². The SMILES string of the molecule is CNS(=O)(=O)c1cccc(C(=O)OCC(=O)Nc2ccccc2Oc2ccccc2)c1. The monoisotopic (exact) mass is 440 g/mol. The van der Waals surface area contributed by atoms with Crippen LogP contribution >= 0.6 is 0 Å². The van der Waals surface area contributed by atoms with Crippen molar-refractivity contribution in [3.8, 4) is 11.5 Å². The molecule has 0 saturated heterocycles. The van der Waals surface area contributed by atoms with Gasteiger partial charge in [0.15, 0.2) is 12.4 Å². The van der Waals surface area contributed by atoms with Crippen LogP contribution in [0.25, 0.3) is 0 Å². The van der Waals surface area contributed by atoms with Crippen LogP contribution in [0.3, 0.4) is 0 Å². The van der Waals surface area contributed by atoms with Crippen molar-refractivity contribution in [2.24, 2.45) is 0 Å². The summed E-state index contributed by atoms with van der Waals surface area (Å²) in [5.41, 5.74) is 0.423. The highest BCUT2D eigenvalue weighted by Gasteiger charge is 2.16. The average Bonchev–Trinajstić information content (AvgIpc) is 2.79. The minimum Gasteiger partial charge on any atom is -0.455 e. The van der Waals surface area contributed by atoms with Gasteiger partial charge in [0, 0.05) is 0 Å². The molecule has 3 aromatic carbocycles. The van der Waals surface area contributed by atoms with Crippen LogP contribution < -0.4 is 14.8 Å². The van der Waals surface area contributed by atoms with Gasteiger partial charge >= 0.3 is 5.97 Å². The topological polar surface area (TPSA) is 111 Å². The molecule has 0 unspecified atom stereocenters. The number of hydrogen-bond acceptors (Lipinski definition) is 6. The van der Waals surface area contributed by atoms with Gasteiger partial charge in [0.05, 0.1) is 16.1 Å². The maximum Gasteiger partial charge on any atom is 0.338 e. The molecule has 160 valence electrons. The maximum atomic E-state index is 12.3. The number of nitrogens with one attached hydrogen (secondary N) is 2. The van der Waals surface area contributed by atoms with Crippen LogP contribution in [0.2, 0.25) is 0 Å². The second-order valence-electron chi connectivity index (χ2n) is 6.27.